The molecular formula is C22H24N4O3. The number of rotatable bonds is 6. The van der Waals surface area contributed by atoms with Gasteiger partial charge in [-0.25, -0.2) is 4.99 Å². The Labute approximate surface area is 170 Å². The van der Waals surface area contributed by atoms with Gasteiger partial charge in [0, 0.05) is 25.1 Å². The van der Waals surface area contributed by atoms with E-state index < -0.39 is 0 Å². The second-order valence-electron chi connectivity index (χ2n) is 6.82. The SMILES string of the molecule is CCOC[C@@H]1COc2ccc(-c3cccc(C#N)c3)cc2[C@@H]1N=C(N)N(C)C=O. The first-order chi connectivity index (χ1) is 14.1. The number of hydrogen-bond acceptors (Lipinski definition) is 5. The number of carbonyl (C=O) groups is 1. The molecule has 2 N–H and O–H groups in total. The van der Waals surface area contributed by atoms with Gasteiger partial charge in [0.2, 0.25) is 6.41 Å². The van der Waals surface area contributed by atoms with Gasteiger partial charge in [-0.05, 0) is 42.3 Å². The second-order valence-corrected chi connectivity index (χ2v) is 6.82. The van der Waals surface area contributed by atoms with E-state index in [1.54, 1.807) is 13.1 Å². The number of ether oxygens (including phenoxy) is 2. The van der Waals surface area contributed by atoms with E-state index in [1.807, 2.05) is 43.3 Å². The van der Waals surface area contributed by atoms with Crippen molar-refractivity contribution in [3.63, 3.8) is 0 Å². The van der Waals surface area contributed by atoms with Crippen LogP contribution in [0.25, 0.3) is 11.1 Å². The number of nitrogens with two attached hydrogens (primary N) is 1. The Morgan fingerprint density at radius 1 is 1.38 bits per heavy atom. The van der Waals surface area contributed by atoms with Crippen molar-refractivity contribution < 1.29 is 14.3 Å². The van der Waals surface area contributed by atoms with Crippen molar-refractivity contribution in [3.8, 4) is 22.9 Å². The van der Waals surface area contributed by atoms with Crippen molar-refractivity contribution in [1.29, 1.82) is 5.26 Å². The first-order valence-electron chi connectivity index (χ1n) is 9.43. The van der Waals surface area contributed by atoms with Crippen LogP contribution in [0.2, 0.25) is 0 Å². The van der Waals surface area contributed by atoms with Gasteiger partial charge >= 0.3 is 0 Å². The number of aliphatic imine (C=N–C) groups is 1. The zero-order chi connectivity index (χ0) is 20.8. The highest BCUT2D eigenvalue weighted by molar-refractivity contribution is 5.87. The molecule has 1 aliphatic rings. The van der Waals surface area contributed by atoms with Crippen LogP contribution in [0, 0.1) is 17.2 Å². The lowest BCUT2D eigenvalue weighted by molar-refractivity contribution is -0.114. The molecule has 3 rings (SSSR count). The summed E-state index contributed by atoms with van der Waals surface area (Å²) >= 11 is 0. The highest BCUT2D eigenvalue weighted by atomic mass is 16.5. The molecule has 0 fully saturated rings. The van der Waals surface area contributed by atoms with Crippen LogP contribution in [0.3, 0.4) is 0 Å². The molecule has 7 heteroatoms. The number of carbonyl (C=O) groups excluding carboxylic acids is 1. The van der Waals surface area contributed by atoms with Crippen molar-refractivity contribution in [3.05, 3.63) is 53.6 Å². The van der Waals surface area contributed by atoms with Gasteiger partial charge in [0.25, 0.3) is 0 Å². The molecule has 1 aliphatic heterocycles. The Balaban J connectivity index is 2.05. The summed E-state index contributed by atoms with van der Waals surface area (Å²) < 4.78 is 11.6. The molecule has 29 heavy (non-hydrogen) atoms. The second kappa shape index (κ2) is 9.22. The molecule has 1 amide bonds. The zero-order valence-electron chi connectivity index (χ0n) is 16.5. The lowest BCUT2D eigenvalue weighted by atomic mass is 9.89. The average molecular weight is 392 g/mol. The standard InChI is InChI=1S/C22H24N4O3/c1-3-28-12-18-13-29-20-8-7-17(16-6-4-5-15(9-16)11-23)10-19(20)21(18)25-22(24)26(2)14-27/h4-10,14,18,21H,3,12-13H2,1-2H3,(H2,24,25)/t18-,21-/m1/s1. The molecule has 0 bridgehead atoms. The Morgan fingerprint density at radius 3 is 2.90 bits per heavy atom. The molecule has 0 spiro atoms. The Kier molecular flexibility index (Phi) is 6.47. The fourth-order valence-electron chi connectivity index (χ4n) is 3.27. The van der Waals surface area contributed by atoms with Gasteiger partial charge in [-0.2, -0.15) is 5.26 Å². The quantitative estimate of drug-likeness (QED) is 0.463. The number of guanidine groups is 1. The molecule has 0 saturated heterocycles. The Morgan fingerprint density at radius 2 is 2.17 bits per heavy atom. The molecule has 7 nitrogen and oxygen atoms in total. The van der Waals surface area contributed by atoms with E-state index in [0.29, 0.717) is 31.8 Å². The zero-order valence-corrected chi connectivity index (χ0v) is 16.5. The van der Waals surface area contributed by atoms with E-state index in [9.17, 15) is 10.1 Å². The highest BCUT2D eigenvalue weighted by Crippen LogP contribution is 2.40. The largest absolute Gasteiger partial charge is 0.493 e. The van der Waals surface area contributed by atoms with Crippen LogP contribution in [0.15, 0.2) is 47.5 Å². The molecular weight excluding hydrogens is 368 g/mol. The molecule has 0 radical (unpaired) electrons. The maximum Gasteiger partial charge on any atom is 0.216 e. The number of nitrogens with zero attached hydrogens (tertiary/aromatic N) is 3. The van der Waals surface area contributed by atoms with Gasteiger partial charge in [0.1, 0.15) is 5.75 Å². The van der Waals surface area contributed by atoms with Gasteiger partial charge in [0.05, 0.1) is 30.9 Å². The smallest absolute Gasteiger partial charge is 0.216 e. The molecule has 1 heterocycles. The van der Waals surface area contributed by atoms with Crippen LogP contribution in [-0.2, 0) is 9.53 Å². The van der Waals surface area contributed by atoms with Gasteiger partial charge in [-0.3, -0.25) is 9.69 Å². The lowest BCUT2D eigenvalue weighted by Gasteiger charge is -2.32. The molecule has 150 valence electrons. The molecule has 2 aromatic carbocycles. The monoisotopic (exact) mass is 392 g/mol. The van der Waals surface area contributed by atoms with Gasteiger partial charge in [0.15, 0.2) is 5.96 Å². The third-order valence-corrected chi connectivity index (χ3v) is 4.88. The maximum absolute atomic E-state index is 11.1. The highest BCUT2D eigenvalue weighted by Gasteiger charge is 2.32. The van der Waals surface area contributed by atoms with Crippen LogP contribution < -0.4 is 10.5 Å². The summed E-state index contributed by atoms with van der Waals surface area (Å²) in [4.78, 5) is 16.9. The summed E-state index contributed by atoms with van der Waals surface area (Å²) in [5, 5.41) is 9.19. The summed E-state index contributed by atoms with van der Waals surface area (Å²) in [7, 11) is 1.56. The average Bonchev–Trinajstić information content (AvgIpc) is 2.77. The number of benzene rings is 2. The van der Waals surface area contributed by atoms with Gasteiger partial charge in [-0.15, -0.1) is 0 Å². The van der Waals surface area contributed by atoms with E-state index in [2.05, 4.69) is 11.1 Å². The Hall–Kier alpha value is -3.37. The van der Waals surface area contributed by atoms with Crippen molar-refractivity contribution in [2.24, 2.45) is 16.6 Å². The van der Waals surface area contributed by atoms with Crippen LogP contribution in [0.1, 0.15) is 24.1 Å². The van der Waals surface area contributed by atoms with Crippen LogP contribution >= 0.6 is 0 Å². The van der Waals surface area contributed by atoms with Crippen molar-refractivity contribution >= 4 is 12.4 Å². The summed E-state index contributed by atoms with van der Waals surface area (Å²) in [5.41, 5.74) is 9.37. The van der Waals surface area contributed by atoms with Crippen LogP contribution in [-0.4, -0.2) is 44.1 Å². The topological polar surface area (TPSA) is 101 Å². The maximum atomic E-state index is 11.1. The van der Waals surface area contributed by atoms with Gasteiger partial charge in [-0.1, -0.05) is 18.2 Å². The fourth-order valence-corrected chi connectivity index (χ4v) is 3.27. The van der Waals surface area contributed by atoms with Crippen molar-refractivity contribution in [1.82, 2.24) is 4.90 Å². The van der Waals surface area contributed by atoms with Crippen molar-refractivity contribution in [2.45, 2.75) is 13.0 Å². The summed E-state index contributed by atoms with van der Waals surface area (Å²) in [6.45, 7) is 3.44. The van der Waals surface area contributed by atoms with Crippen LogP contribution in [0.4, 0.5) is 0 Å². The minimum Gasteiger partial charge on any atom is -0.493 e. The fraction of sp³-hybridized carbons (Fsp3) is 0.318. The molecule has 2 atom stereocenters. The third-order valence-electron chi connectivity index (χ3n) is 4.88. The van der Waals surface area contributed by atoms with Crippen molar-refractivity contribution in [2.75, 3.05) is 26.9 Å². The number of amides is 1. The summed E-state index contributed by atoms with van der Waals surface area (Å²) in [5.74, 6) is 0.825. The Bertz CT molecular complexity index is 951. The minimum absolute atomic E-state index is 0.0401. The van der Waals surface area contributed by atoms with E-state index in [4.69, 9.17) is 15.2 Å². The predicted molar refractivity (Wildman–Crippen MR) is 110 cm³/mol. The number of nitriles is 1. The van der Waals surface area contributed by atoms with E-state index in [1.165, 1.54) is 4.90 Å². The lowest BCUT2D eigenvalue weighted by Crippen LogP contribution is -2.36. The minimum atomic E-state index is -0.313. The molecule has 0 saturated carbocycles. The number of fused-ring (bicyclic) bond motifs is 1. The number of hydrogen-bond donors (Lipinski definition) is 1. The first kappa shape index (κ1) is 20.4. The van der Waals surface area contributed by atoms with E-state index >= 15 is 0 Å². The van der Waals surface area contributed by atoms with Gasteiger partial charge < -0.3 is 15.2 Å². The molecule has 2 aromatic rings. The van der Waals surface area contributed by atoms with Crippen LogP contribution in [0.5, 0.6) is 5.75 Å². The molecule has 0 aliphatic carbocycles. The molecule has 0 aromatic heterocycles. The van der Waals surface area contributed by atoms with E-state index in [-0.39, 0.29) is 17.9 Å². The third kappa shape index (κ3) is 4.55. The molecule has 0 unspecified atom stereocenters. The predicted octanol–water partition coefficient (Wildman–Crippen LogP) is 2.71. The summed E-state index contributed by atoms with van der Waals surface area (Å²) in [6.07, 6.45) is 0.625. The van der Waals surface area contributed by atoms with E-state index in [0.717, 1.165) is 22.4 Å². The summed E-state index contributed by atoms with van der Waals surface area (Å²) in [6, 6.07) is 15.1. The normalized spacial score (nSPS) is 18.3. The first-order valence-corrected chi connectivity index (χ1v) is 9.43.